The molecule has 19 heavy (non-hydrogen) atoms. The Balaban J connectivity index is 0.000000426. The standard InChI is InChI=1S/C16H10.CH5N.ClH/c1-3-11-7-9-13-5-2-6-14-10-8-12(4-1)15(11)16(13)14;1-2;/h1-10H;2H2,1H3;1H. The first-order valence-electron chi connectivity index (χ1n) is 6.14. The van der Waals surface area contributed by atoms with Crippen molar-refractivity contribution < 1.29 is 0 Å². The molecule has 4 rings (SSSR count). The van der Waals surface area contributed by atoms with Gasteiger partial charge < -0.3 is 5.73 Å². The van der Waals surface area contributed by atoms with E-state index in [1.807, 2.05) is 0 Å². The second kappa shape index (κ2) is 5.43. The van der Waals surface area contributed by atoms with E-state index in [1.165, 1.54) is 39.4 Å². The molecule has 0 aliphatic rings. The lowest BCUT2D eigenvalue weighted by Gasteiger charge is -2.09. The van der Waals surface area contributed by atoms with Crippen molar-refractivity contribution in [3.63, 3.8) is 0 Å². The number of hydrogen-bond acceptors (Lipinski definition) is 1. The molecule has 0 radical (unpaired) electrons. The van der Waals surface area contributed by atoms with Gasteiger partial charge in [0.2, 0.25) is 0 Å². The van der Waals surface area contributed by atoms with Crippen LogP contribution in [0.25, 0.3) is 32.3 Å². The molecule has 0 aliphatic heterocycles. The Labute approximate surface area is 118 Å². The quantitative estimate of drug-likeness (QED) is 0.465. The third-order valence-corrected chi connectivity index (χ3v) is 3.39. The van der Waals surface area contributed by atoms with E-state index in [-0.39, 0.29) is 12.4 Å². The normalized spacial score (nSPS) is 10.2. The molecule has 0 heterocycles. The Morgan fingerprint density at radius 1 is 0.526 bits per heavy atom. The van der Waals surface area contributed by atoms with Crippen LogP contribution in [0.2, 0.25) is 0 Å². The Morgan fingerprint density at radius 2 is 0.789 bits per heavy atom. The Morgan fingerprint density at radius 3 is 1.05 bits per heavy atom. The zero-order chi connectivity index (χ0) is 12.5. The van der Waals surface area contributed by atoms with Crippen LogP contribution in [-0.4, -0.2) is 7.05 Å². The van der Waals surface area contributed by atoms with E-state index in [9.17, 15) is 0 Å². The van der Waals surface area contributed by atoms with E-state index in [0.717, 1.165) is 0 Å². The molecule has 2 N–H and O–H groups in total. The lowest BCUT2D eigenvalue weighted by Crippen LogP contribution is -1.82. The summed E-state index contributed by atoms with van der Waals surface area (Å²) in [5.41, 5.74) is 4.50. The van der Waals surface area contributed by atoms with Gasteiger partial charge in [-0.2, -0.15) is 0 Å². The van der Waals surface area contributed by atoms with Gasteiger partial charge in [0, 0.05) is 0 Å². The largest absolute Gasteiger partial charge is 0.333 e. The van der Waals surface area contributed by atoms with Crippen LogP contribution in [0.15, 0.2) is 60.7 Å². The van der Waals surface area contributed by atoms with E-state index >= 15 is 0 Å². The van der Waals surface area contributed by atoms with Gasteiger partial charge in [0.25, 0.3) is 0 Å². The van der Waals surface area contributed by atoms with Crippen molar-refractivity contribution in [3.05, 3.63) is 60.7 Å². The molecular weight excluding hydrogens is 254 g/mol. The van der Waals surface area contributed by atoms with Crippen LogP contribution < -0.4 is 5.73 Å². The summed E-state index contributed by atoms with van der Waals surface area (Å²) in [4.78, 5) is 0. The fourth-order valence-electron chi connectivity index (χ4n) is 2.67. The minimum atomic E-state index is 0. The molecule has 0 aromatic heterocycles. The lowest BCUT2D eigenvalue weighted by atomic mass is 9.95. The number of hydrogen-bond donors (Lipinski definition) is 1. The topological polar surface area (TPSA) is 26.0 Å². The highest BCUT2D eigenvalue weighted by atomic mass is 35.5. The summed E-state index contributed by atoms with van der Waals surface area (Å²) >= 11 is 0. The monoisotopic (exact) mass is 269 g/mol. The number of halogens is 1. The molecule has 0 saturated carbocycles. The minimum absolute atomic E-state index is 0. The average Bonchev–Trinajstić information content (AvgIpc) is 2.47. The summed E-state index contributed by atoms with van der Waals surface area (Å²) < 4.78 is 0. The van der Waals surface area contributed by atoms with Gasteiger partial charge in [-0.3, -0.25) is 0 Å². The summed E-state index contributed by atoms with van der Waals surface area (Å²) in [6, 6.07) is 21.9. The Hall–Kier alpha value is -1.83. The van der Waals surface area contributed by atoms with Crippen LogP contribution in [0.4, 0.5) is 0 Å². The first-order chi connectivity index (χ1) is 8.93. The van der Waals surface area contributed by atoms with Gasteiger partial charge in [-0.05, 0) is 39.4 Å². The van der Waals surface area contributed by atoms with Gasteiger partial charge in [-0.15, -0.1) is 12.4 Å². The Bertz CT molecular complexity index is 678. The summed E-state index contributed by atoms with van der Waals surface area (Å²) in [6.07, 6.45) is 0. The molecule has 0 unspecified atom stereocenters. The van der Waals surface area contributed by atoms with E-state index in [1.54, 1.807) is 0 Å². The first kappa shape index (κ1) is 13.6. The van der Waals surface area contributed by atoms with Crippen molar-refractivity contribution in [2.75, 3.05) is 7.05 Å². The molecule has 0 aliphatic carbocycles. The van der Waals surface area contributed by atoms with E-state index in [4.69, 9.17) is 0 Å². The van der Waals surface area contributed by atoms with Gasteiger partial charge in [0.15, 0.2) is 0 Å². The molecule has 96 valence electrons. The van der Waals surface area contributed by atoms with E-state index in [2.05, 4.69) is 66.4 Å². The highest BCUT2D eigenvalue weighted by Gasteiger charge is 2.05. The van der Waals surface area contributed by atoms with Gasteiger partial charge >= 0.3 is 0 Å². The summed E-state index contributed by atoms with van der Waals surface area (Å²) in [6.45, 7) is 0. The SMILES string of the molecule is CN.Cl.c1cc2ccc3cccc4ccc(c1)c2c34. The van der Waals surface area contributed by atoms with Crippen molar-refractivity contribution in [1.29, 1.82) is 0 Å². The predicted octanol–water partition coefficient (Wildman–Crippen LogP) is 4.58. The minimum Gasteiger partial charge on any atom is -0.333 e. The number of benzene rings is 4. The maximum atomic E-state index is 4.50. The van der Waals surface area contributed by atoms with Crippen molar-refractivity contribution >= 4 is 44.7 Å². The highest BCUT2D eigenvalue weighted by Crippen LogP contribution is 2.33. The van der Waals surface area contributed by atoms with Crippen LogP contribution >= 0.6 is 12.4 Å². The van der Waals surface area contributed by atoms with Gasteiger partial charge in [-0.25, -0.2) is 0 Å². The zero-order valence-corrected chi connectivity index (χ0v) is 11.6. The van der Waals surface area contributed by atoms with Crippen molar-refractivity contribution in [3.8, 4) is 0 Å². The molecule has 0 saturated heterocycles. The molecule has 0 amide bonds. The van der Waals surface area contributed by atoms with Crippen LogP contribution in [0.1, 0.15) is 0 Å². The van der Waals surface area contributed by atoms with Crippen LogP contribution in [0.5, 0.6) is 0 Å². The van der Waals surface area contributed by atoms with Gasteiger partial charge in [0.05, 0.1) is 0 Å². The summed E-state index contributed by atoms with van der Waals surface area (Å²) in [5.74, 6) is 0. The molecule has 1 nitrogen and oxygen atoms in total. The molecule has 0 bridgehead atoms. The second-order valence-corrected chi connectivity index (χ2v) is 4.29. The van der Waals surface area contributed by atoms with E-state index in [0.29, 0.717) is 0 Å². The molecule has 0 atom stereocenters. The Kier molecular flexibility index (Phi) is 3.89. The third-order valence-electron chi connectivity index (χ3n) is 3.39. The molecule has 0 spiro atoms. The summed E-state index contributed by atoms with van der Waals surface area (Å²) in [5, 5.41) is 8.14. The van der Waals surface area contributed by atoms with Crippen molar-refractivity contribution in [2.45, 2.75) is 0 Å². The van der Waals surface area contributed by atoms with Gasteiger partial charge in [-0.1, -0.05) is 60.7 Å². The van der Waals surface area contributed by atoms with Gasteiger partial charge in [0.1, 0.15) is 0 Å². The van der Waals surface area contributed by atoms with Crippen LogP contribution in [-0.2, 0) is 0 Å². The lowest BCUT2D eigenvalue weighted by molar-refractivity contribution is 1.48. The maximum Gasteiger partial charge on any atom is -0.00268 e. The third kappa shape index (κ3) is 2.01. The van der Waals surface area contributed by atoms with Crippen LogP contribution in [0.3, 0.4) is 0 Å². The molecule has 0 fully saturated rings. The molecule has 4 aromatic rings. The number of rotatable bonds is 0. The first-order valence-corrected chi connectivity index (χ1v) is 6.14. The molecule has 2 heteroatoms. The molecular formula is C17H16ClN. The zero-order valence-electron chi connectivity index (χ0n) is 10.8. The second-order valence-electron chi connectivity index (χ2n) is 4.29. The maximum absolute atomic E-state index is 4.50. The average molecular weight is 270 g/mol. The highest BCUT2D eigenvalue weighted by molar-refractivity contribution is 6.22. The smallest absolute Gasteiger partial charge is 0.00268 e. The fraction of sp³-hybridized carbons (Fsp3) is 0.0588. The van der Waals surface area contributed by atoms with Crippen molar-refractivity contribution in [1.82, 2.24) is 0 Å². The molecule has 4 aromatic carbocycles. The summed E-state index contributed by atoms with van der Waals surface area (Å²) in [7, 11) is 1.50. The van der Waals surface area contributed by atoms with Crippen molar-refractivity contribution in [2.24, 2.45) is 5.73 Å². The number of nitrogens with two attached hydrogens (primary N) is 1. The predicted molar refractivity (Wildman–Crippen MR) is 87.5 cm³/mol. The van der Waals surface area contributed by atoms with E-state index < -0.39 is 0 Å². The van der Waals surface area contributed by atoms with Crippen LogP contribution in [0, 0.1) is 0 Å². The fourth-order valence-corrected chi connectivity index (χ4v) is 2.67.